The Labute approximate surface area is 87.1 Å². The second kappa shape index (κ2) is 5.43. The van der Waals surface area contributed by atoms with Crippen LogP contribution in [0.3, 0.4) is 0 Å². The van der Waals surface area contributed by atoms with E-state index in [1.165, 1.54) is 7.11 Å². The number of carbonyl (C=O) groups is 2. The first-order valence-corrected chi connectivity index (χ1v) is 4.77. The summed E-state index contributed by atoms with van der Waals surface area (Å²) in [5.41, 5.74) is 0. The van der Waals surface area contributed by atoms with Crippen LogP contribution in [0.2, 0.25) is 0 Å². The second-order valence-corrected chi connectivity index (χ2v) is 3.32. The Balaban J connectivity index is 2.49. The van der Waals surface area contributed by atoms with Crippen LogP contribution in [0, 0.1) is 0 Å². The van der Waals surface area contributed by atoms with Gasteiger partial charge in [0.15, 0.2) is 0 Å². The number of rotatable bonds is 2. The highest BCUT2D eigenvalue weighted by molar-refractivity contribution is 5.60. The van der Waals surface area contributed by atoms with Crippen molar-refractivity contribution in [3.63, 3.8) is 0 Å². The molecule has 2 atom stereocenters. The molecule has 86 valence electrons. The Morgan fingerprint density at radius 1 is 1.13 bits per heavy atom. The first kappa shape index (κ1) is 11.6. The lowest BCUT2D eigenvalue weighted by atomic mass is 9.95. The fraction of sp³-hybridized carbons (Fsp3) is 0.778. The van der Waals surface area contributed by atoms with Crippen LogP contribution >= 0.6 is 0 Å². The molecule has 1 saturated carbocycles. The molecule has 1 rings (SSSR count). The van der Waals surface area contributed by atoms with Gasteiger partial charge < -0.3 is 19.3 Å². The molecule has 1 fully saturated rings. The Morgan fingerprint density at radius 3 is 2.13 bits per heavy atom. The summed E-state index contributed by atoms with van der Waals surface area (Å²) in [5.74, 6) is 0. The van der Waals surface area contributed by atoms with Crippen molar-refractivity contribution < 1.29 is 28.9 Å². The van der Waals surface area contributed by atoms with Gasteiger partial charge in [-0.2, -0.15) is 0 Å². The zero-order chi connectivity index (χ0) is 11.3. The number of ether oxygens (including phenoxy) is 3. The quantitative estimate of drug-likeness (QED) is 0.711. The van der Waals surface area contributed by atoms with Gasteiger partial charge in [0.1, 0.15) is 12.2 Å². The van der Waals surface area contributed by atoms with Crippen molar-refractivity contribution in [2.24, 2.45) is 0 Å². The van der Waals surface area contributed by atoms with Gasteiger partial charge >= 0.3 is 12.3 Å². The van der Waals surface area contributed by atoms with Gasteiger partial charge in [-0.1, -0.05) is 0 Å². The van der Waals surface area contributed by atoms with Crippen LogP contribution in [-0.2, 0) is 14.2 Å². The maximum Gasteiger partial charge on any atom is 0.508 e. The zero-order valence-electron chi connectivity index (χ0n) is 8.47. The highest BCUT2D eigenvalue weighted by atomic mass is 16.7. The molecule has 0 aromatic heterocycles. The predicted molar refractivity (Wildman–Crippen MR) is 48.6 cm³/mol. The number of carbonyl (C=O) groups excluding carboxylic acids is 1. The molecule has 0 amide bonds. The third kappa shape index (κ3) is 3.65. The van der Waals surface area contributed by atoms with Crippen molar-refractivity contribution in [1.29, 1.82) is 0 Å². The Morgan fingerprint density at radius 2 is 1.67 bits per heavy atom. The second-order valence-electron chi connectivity index (χ2n) is 3.32. The molecule has 0 saturated heterocycles. The average molecular weight is 218 g/mol. The van der Waals surface area contributed by atoms with Crippen LogP contribution in [0.15, 0.2) is 0 Å². The Kier molecular flexibility index (Phi) is 4.20. The van der Waals surface area contributed by atoms with Crippen molar-refractivity contribution >= 4 is 12.3 Å². The predicted octanol–water partition coefficient (Wildman–Crippen LogP) is 1.78. The largest absolute Gasteiger partial charge is 0.508 e. The van der Waals surface area contributed by atoms with Gasteiger partial charge in [0.25, 0.3) is 0 Å². The molecule has 1 N–H and O–H groups in total. The van der Waals surface area contributed by atoms with Gasteiger partial charge in [-0.15, -0.1) is 0 Å². The number of methoxy groups -OCH3 is 1. The van der Waals surface area contributed by atoms with Gasteiger partial charge in [0.05, 0.1) is 7.11 Å². The molecular formula is C9H14O6. The van der Waals surface area contributed by atoms with Gasteiger partial charge in [0, 0.05) is 0 Å². The lowest BCUT2D eigenvalue weighted by molar-refractivity contribution is -0.0612. The highest BCUT2D eigenvalue weighted by Gasteiger charge is 2.31. The standard InChI is InChI=1S/C9H14O6/c1-13-9(12)15-7-5-3-2-4-6(7)14-8(10)11/h6-7H,2-5H2,1H3,(H,10,11). The number of carboxylic acid groups (broad SMARTS) is 1. The summed E-state index contributed by atoms with van der Waals surface area (Å²) in [6.07, 6.45) is -0.305. The van der Waals surface area contributed by atoms with Crippen molar-refractivity contribution in [1.82, 2.24) is 0 Å². The Hall–Kier alpha value is -1.46. The maximum atomic E-state index is 10.9. The lowest BCUT2D eigenvalue weighted by Crippen LogP contribution is -2.37. The smallest absolute Gasteiger partial charge is 0.450 e. The van der Waals surface area contributed by atoms with E-state index in [4.69, 9.17) is 9.84 Å². The van der Waals surface area contributed by atoms with Crippen LogP contribution in [-0.4, -0.2) is 36.7 Å². The monoisotopic (exact) mass is 218 g/mol. The van der Waals surface area contributed by atoms with E-state index in [1.807, 2.05) is 0 Å². The molecule has 0 aromatic rings. The third-order valence-corrected chi connectivity index (χ3v) is 2.31. The van der Waals surface area contributed by atoms with Crippen LogP contribution in [0.5, 0.6) is 0 Å². The molecule has 15 heavy (non-hydrogen) atoms. The summed E-state index contributed by atoms with van der Waals surface area (Å²) in [6, 6.07) is 0. The van der Waals surface area contributed by atoms with E-state index in [2.05, 4.69) is 9.47 Å². The molecule has 6 nitrogen and oxygen atoms in total. The zero-order valence-corrected chi connectivity index (χ0v) is 8.47. The maximum absolute atomic E-state index is 10.9. The molecule has 6 heteroatoms. The topological polar surface area (TPSA) is 82.1 Å². The summed E-state index contributed by atoms with van der Waals surface area (Å²) in [5, 5.41) is 8.48. The molecular weight excluding hydrogens is 204 g/mol. The third-order valence-electron chi connectivity index (χ3n) is 2.31. The molecule has 1 aliphatic rings. The minimum atomic E-state index is -1.35. The molecule has 0 aliphatic heterocycles. The summed E-state index contributed by atoms with van der Waals surface area (Å²) in [6.45, 7) is 0. The van der Waals surface area contributed by atoms with Crippen LogP contribution in [0.1, 0.15) is 25.7 Å². The lowest BCUT2D eigenvalue weighted by Gasteiger charge is -2.28. The van der Waals surface area contributed by atoms with Gasteiger partial charge in [-0.25, -0.2) is 9.59 Å². The average Bonchev–Trinajstić information content (AvgIpc) is 2.20. The van der Waals surface area contributed by atoms with Gasteiger partial charge in [-0.05, 0) is 25.7 Å². The molecule has 0 aromatic carbocycles. The first-order chi connectivity index (χ1) is 7.13. The van der Waals surface area contributed by atoms with Crippen LogP contribution in [0.25, 0.3) is 0 Å². The van der Waals surface area contributed by atoms with E-state index in [0.29, 0.717) is 12.8 Å². The van der Waals surface area contributed by atoms with E-state index >= 15 is 0 Å². The normalized spacial score (nSPS) is 25.4. The minimum absolute atomic E-state index is 0.526. The van der Waals surface area contributed by atoms with Crippen molar-refractivity contribution in [2.75, 3.05) is 7.11 Å². The molecule has 2 unspecified atom stereocenters. The molecule has 1 aliphatic carbocycles. The molecule has 0 heterocycles. The number of hydrogen-bond donors (Lipinski definition) is 1. The van der Waals surface area contributed by atoms with Crippen molar-refractivity contribution in [3.05, 3.63) is 0 Å². The molecule has 0 bridgehead atoms. The van der Waals surface area contributed by atoms with E-state index in [9.17, 15) is 9.59 Å². The van der Waals surface area contributed by atoms with E-state index in [0.717, 1.165) is 12.8 Å². The summed E-state index contributed by atoms with van der Waals surface area (Å²) in [7, 11) is 1.21. The van der Waals surface area contributed by atoms with E-state index in [-0.39, 0.29) is 0 Å². The SMILES string of the molecule is COC(=O)OC1CCCCC1OC(=O)O. The first-order valence-electron chi connectivity index (χ1n) is 4.77. The van der Waals surface area contributed by atoms with Gasteiger partial charge in [-0.3, -0.25) is 0 Å². The summed E-state index contributed by atoms with van der Waals surface area (Å²) >= 11 is 0. The number of hydrogen-bond acceptors (Lipinski definition) is 5. The fourth-order valence-electron chi connectivity index (χ4n) is 1.63. The Bertz CT molecular complexity index is 239. The fourth-order valence-corrected chi connectivity index (χ4v) is 1.63. The summed E-state index contributed by atoms with van der Waals surface area (Å²) < 4.78 is 13.9. The van der Waals surface area contributed by atoms with E-state index in [1.54, 1.807) is 0 Å². The van der Waals surface area contributed by atoms with Crippen LogP contribution in [0.4, 0.5) is 9.59 Å². The van der Waals surface area contributed by atoms with Crippen molar-refractivity contribution in [2.45, 2.75) is 37.9 Å². The molecule has 0 radical (unpaired) electrons. The van der Waals surface area contributed by atoms with Crippen LogP contribution < -0.4 is 0 Å². The molecule has 0 spiro atoms. The summed E-state index contributed by atoms with van der Waals surface area (Å²) in [4.78, 5) is 21.2. The van der Waals surface area contributed by atoms with E-state index < -0.39 is 24.5 Å². The van der Waals surface area contributed by atoms with Crippen molar-refractivity contribution in [3.8, 4) is 0 Å². The minimum Gasteiger partial charge on any atom is -0.450 e. The van der Waals surface area contributed by atoms with Gasteiger partial charge in [0.2, 0.25) is 0 Å². The highest BCUT2D eigenvalue weighted by Crippen LogP contribution is 2.24.